The van der Waals surface area contributed by atoms with E-state index in [-0.39, 0.29) is 11.8 Å². The summed E-state index contributed by atoms with van der Waals surface area (Å²) in [7, 11) is 0. The van der Waals surface area contributed by atoms with Gasteiger partial charge in [-0.25, -0.2) is 4.68 Å². The molecule has 1 aromatic rings. The molecule has 0 radical (unpaired) electrons. The van der Waals surface area contributed by atoms with Crippen molar-refractivity contribution in [2.75, 3.05) is 19.6 Å². The lowest BCUT2D eigenvalue weighted by Gasteiger charge is -2.26. The Morgan fingerprint density at radius 3 is 2.88 bits per heavy atom. The van der Waals surface area contributed by atoms with Crippen molar-refractivity contribution in [2.24, 2.45) is 0 Å². The number of rotatable bonds is 4. The normalized spacial score (nSPS) is 24.8. The quantitative estimate of drug-likeness (QED) is 0.574. The molecule has 1 aliphatic heterocycles. The third kappa shape index (κ3) is 3.24. The molecule has 0 aromatic carbocycles. The van der Waals surface area contributed by atoms with Crippen molar-refractivity contribution in [2.45, 2.75) is 25.5 Å². The molecule has 1 aliphatic rings. The minimum Gasteiger partial charge on any atom is -0.543 e. The highest BCUT2D eigenvalue weighted by Crippen LogP contribution is 1.97. The lowest BCUT2D eigenvalue weighted by Crippen LogP contribution is -3.13. The summed E-state index contributed by atoms with van der Waals surface area (Å²) >= 11 is 0. The Bertz CT molecular complexity index is 385. The van der Waals surface area contributed by atoms with Crippen molar-refractivity contribution >= 4 is 5.97 Å². The van der Waals surface area contributed by atoms with Gasteiger partial charge in [-0.05, 0) is 0 Å². The molecule has 2 heterocycles. The van der Waals surface area contributed by atoms with Gasteiger partial charge in [0, 0.05) is 12.8 Å². The zero-order valence-electron chi connectivity index (χ0n) is 9.50. The van der Waals surface area contributed by atoms with Crippen LogP contribution < -0.4 is 10.0 Å². The van der Waals surface area contributed by atoms with Crippen LogP contribution in [-0.2, 0) is 6.54 Å². The van der Waals surface area contributed by atoms with Crippen molar-refractivity contribution in [3.63, 3.8) is 0 Å². The number of carbonyl (C=O) groups is 1. The molecular formula is C10H16N4O3. The molecule has 94 valence electrons. The summed E-state index contributed by atoms with van der Waals surface area (Å²) in [5.74, 6) is -1.30. The lowest BCUT2D eigenvalue weighted by molar-refractivity contribution is -0.906. The Kier molecular flexibility index (Phi) is 3.70. The molecule has 7 nitrogen and oxygen atoms in total. The van der Waals surface area contributed by atoms with Gasteiger partial charge in [0.1, 0.15) is 5.69 Å². The summed E-state index contributed by atoms with van der Waals surface area (Å²) in [6, 6.07) is 0. The van der Waals surface area contributed by atoms with Crippen LogP contribution >= 0.6 is 0 Å². The Hall–Kier alpha value is -1.47. The number of aliphatic hydroxyl groups is 1. The second-order valence-corrected chi connectivity index (χ2v) is 4.39. The number of carboxylic acids is 1. The van der Waals surface area contributed by atoms with E-state index in [4.69, 9.17) is 0 Å². The molecule has 1 saturated heterocycles. The van der Waals surface area contributed by atoms with E-state index in [1.807, 2.05) is 0 Å². The predicted molar refractivity (Wildman–Crippen MR) is 55.2 cm³/mol. The standard InChI is InChI=1S/C10H16N4O3/c15-8-1-3-13(4-2-8)5-6-14-7-9(10(16)17)11-12-14/h7-8,15H,1-6H2,(H,16,17). The Morgan fingerprint density at radius 1 is 1.59 bits per heavy atom. The smallest absolute Gasteiger partial charge is 0.128 e. The van der Waals surface area contributed by atoms with Crippen molar-refractivity contribution in [1.29, 1.82) is 0 Å². The molecule has 2 rings (SSSR count). The number of carboxylic acid groups (broad SMARTS) is 1. The largest absolute Gasteiger partial charge is 0.543 e. The summed E-state index contributed by atoms with van der Waals surface area (Å²) < 4.78 is 1.52. The van der Waals surface area contributed by atoms with Crippen LogP contribution in [0.15, 0.2) is 6.20 Å². The van der Waals surface area contributed by atoms with Crippen LogP contribution in [0.25, 0.3) is 0 Å². The Labute approximate surface area is 98.7 Å². The van der Waals surface area contributed by atoms with Gasteiger partial charge in [0.2, 0.25) is 0 Å². The second-order valence-electron chi connectivity index (χ2n) is 4.39. The topological polar surface area (TPSA) is 95.5 Å². The molecule has 0 saturated carbocycles. The Morgan fingerprint density at radius 2 is 2.29 bits per heavy atom. The maximum atomic E-state index is 10.5. The number of aromatic carboxylic acids is 1. The van der Waals surface area contributed by atoms with Gasteiger partial charge in [-0.2, -0.15) is 0 Å². The van der Waals surface area contributed by atoms with Gasteiger partial charge in [0.05, 0.1) is 44.4 Å². The molecule has 0 unspecified atom stereocenters. The molecule has 0 aliphatic carbocycles. The fourth-order valence-corrected chi connectivity index (χ4v) is 2.03. The third-order valence-electron chi connectivity index (χ3n) is 3.10. The average molecular weight is 240 g/mol. The van der Waals surface area contributed by atoms with Gasteiger partial charge in [-0.1, -0.05) is 5.21 Å². The number of likely N-dealkylation sites (tertiary alicyclic amines) is 1. The van der Waals surface area contributed by atoms with Gasteiger partial charge in [0.25, 0.3) is 0 Å². The fraction of sp³-hybridized carbons (Fsp3) is 0.700. The summed E-state index contributed by atoms with van der Waals surface area (Å²) in [5.41, 5.74) is -0.130. The first-order chi connectivity index (χ1) is 8.15. The number of nitrogens with one attached hydrogen (secondary N) is 1. The highest BCUT2D eigenvalue weighted by Gasteiger charge is 2.19. The van der Waals surface area contributed by atoms with E-state index in [1.165, 1.54) is 15.8 Å². The van der Waals surface area contributed by atoms with Gasteiger partial charge in [0.15, 0.2) is 0 Å². The van der Waals surface area contributed by atoms with Crippen LogP contribution in [0.2, 0.25) is 0 Å². The van der Waals surface area contributed by atoms with Gasteiger partial charge >= 0.3 is 0 Å². The predicted octanol–water partition coefficient (Wildman–Crippen LogP) is -3.32. The van der Waals surface area contributed by atoms with Crippen molar-refractivity contribution in [1.82, 2.24) is 15.0 Å². The third-order valence-corrected chi connectivity index (χ3v) is 3.10. The van der Waals surface area contributed by atoms with Crippen molar-refractivity contribution < 1.29 is 19.9 Å². The number of piperidine rings is 1. The van der Waals surface area contributed by atoms with Crippen LogP contribution in [0.4, 0.5) is 0 Å². The highest BCUT2D eigenvalue weighted by atomic mass is 16.4. The molecule has 1 aromatic heterocycles. The molecular weight excluding hydrogens is 224 g/mol. The van der Waals surface area contributed by atoms with E-state index in [9.17, 15) is 15.0 Å². The summed E-state index contributed by atoms with van der Waals surface area (Å²) in [6.07, 6.45) is 2.89. The first-order valence-corrected chi connectivity index (χ1v) is 5.78. The molecule has 2 N–H and O–H groups in total. The molecule has 0 bridgehead atoms. The van der Waals surface area contributed by atoms with Crippen LogP contribution in [0.3, 0.4) is 0 Å². The van der Waals surface area contributed by atoms with Gasteiger partial charge in [-0.3, -0.25) is 0 Å². The zero-order chi connectivity index (χ0) is 12.3. The van der Waals surface area contributed by atoms with Crippen LogP contribution in [0.5, 0.6) is 0 Å². The first-order valence-electron chi connectivity index (χ1n) is 5.78. The zero-order valence-corrected chi connectivity index (χ0v) is 9.50. The van der Waals surface area contributed by atoms with E-state index in [0.29, 0.717) is 6.54 Å². The number of hydrogen-bond donors (Lipinski definition) is 2. The maximum Gasteiger partial charge on any atom is 0.128 e. The van der Waals surface area contributed by atoms with Crippen LogP contribution in [0, 0.1) is 0 Å². The first kappa shape index (κ1) is 12.0. The van der Waals surface area contributed by atoms with E-state index >= 15 is 0 Å². The lowest BCUT2D eigenvalue weighted by atomic mass is 10.1. The van der Waals surface area contributed by atoms with Crippen LogP contribution in [0.1, 0.15) is 23.3 Å². The maximum absolute atomic E-state index is 10.5. The number of carbonyl (C=O) groups excluding carboxylic acids is 1. The monoisotopic (exact) mass is 240 g/mol. The molecule has 0 spiro atoms. The molecule has 17 heavy (non-hydrogen) atoms. The molecule has 0 amide bonds. The minimum absolute atomic E-state index is 0.130. The molecule has 0 atom stereocenters. The number of quaternary nitrogens is 1. The summed E-state index contributed by atoms with van der Waals surface area (Å²) in [4.78, 5) is 11.9. The Balaban J connectivity index is 1.79. The summed E-state index contributed by atoms with van der Waals surface area (Å²) in [6.45, 7) is 3.39. The second kappa shape index (κ2) is 5.24. The number of nitrogens with zero attached hydrogens (tertiary/aromatic N) is 3. The van der Waals surface area contributed by atoms with Gasteiger partial charge in [-0.15, -0.1) is 5.10 Å². The van der Waals surface area contributed by atoms with E-state index in [1.54, 1.807) is 0 Å². The van der Waals surface area contributed by atoms with Crippen molar-refractivity contribution in [3.05, 3.63) is 11.9 Å². The highest BCUT2D eigenvalue weighted by molar-refractivity contribution is 5.82. The van der Waals surface area contributed by atoms with Crippen LogP contribution in [-0.4, -0.2) is 51.8 Å². The van der Waals surface area contributed by atoms with Crippen molar-refractivity contribution in [3.8, 4) is 0 Å². The van der Waals surface area contributed by atoms with E-state index in [0.717, 1.165) is 32.5 Å². The minimum atomic E-state index is -1.30. The summed E-state index contributed by atoms with van der Waals surface area (Å²) in [5, 5.41) is 27.1. The van der Waals surface area contributed by atoms with E-state index < -0.39 is 5.97 Å². The number of aromatic nitrogens is 3. The molecule has 1 fully saturated rings. The molecule has 7 heteroatoms. The average Bonchev–Trinajstić information content (AvgIpc) is 2.77. The SMILES string of the molecule is O=C([O-])c1cn(CC[NH+]2CCC(O)CC2)nn1. The number of aliphatic hydroxyl groups excluding tert-OH is 1. The van der Waals surface area contributed by atoms with E-state index in [2.05, 4.69) is 10.3 Å². The number of hydrogen-bond acceptors (Lipinski definition) is 5. The van der Waals surface area contributed by atoms with Gasteiger partial charge < -0.3 is 19.9 Å². The fourth-order valence-electron chi connectivity index (χ4n) is 2.03.